The highest BCUT2D eigenvalue weighted by atomic mass is 32.2. The molecule has 0 unspecified atom stereocenters. The molecule has 0 saturated heterocycles. The number of hydrogen-bond acceptors (Lipinski definition) is 5. The number of aromatic nitrogens is 3. The Hall–Kier alpha value is -2.87. The summed E-state index contributed by atoms with van der Waals surface area (Å²) in [6.45, 7) is 3.85. The second kappa shape index (κ2) is 6.94. The summed E-state index contributed by atoms with van der Waals surface area (Å²) < 4.78 is 29.5. The van der Waals surface area contributed by atoms with E-state index in [1.165, 1.54) is 4.31 Å². The Kier molecular flexibility index (Phi) is 4.58. The lowest BCUT2D eigenvalue weighted by Crippen LogP contribution is -2.26. The predicted octanol–water partition coefficient (Wildman–Crippen LogP) is 3.80. The van der Waals surface area contributed by atoms with Crippen molar-refractivity contribution in [3.63, 3.8) is 0 Å². The monoisotopic (exact) mass is 397 g/mol. The largest absolute Gasteiger partial charge is 0.323 e. The molecule has 1 aliphatic carbocycles. The van der Waals surface area contributed by atoms with Gasteiger partial charge in [0.25, 0.3) is 10.0 Å². The van der Waals surface area contributed by atoms with Gasteiger partial charge in [0, 0.05) is 12.7 Å². The number of sulfonamides is 1. The van der Waals surface area contributed by atoms with Gasteiger partial charge in [0.05, 0.1) is 16.6 Å². The minimum absolute atomic E-state index is 0.228. The van der Waals surface area contributed by atoms with Crippen LogP contribution in [0.5, 0.6) is 0 Å². The van der Waals surface area contributed by atoms with E-state index in [4.69, 9.17) is 0 Å². The Balaban J connectivity index is 1.67. The molecule has 1 N–H and O–H groups in total. The van der Waals surface area contributed by atoms with Crippen LogP contribution in [0.3, 0.4) is 0 Å². The summed E-state index contributed by atoms with van der Waals surface area (Å²) in [6, 6.07) is 12.8. The molecule has 0 radical (unpaired) electrons. The van der Waals surface area contributed by atoms with Crippen LogP contribution in [-0.2, 0) is 10.0 Å². The third-order valence-electron chi connectivity index (χ3n) is 5.10. The Morgan fingerprint density at radius 3 is 2.54 bits per heavy atom. The van der Waals surface area contributed by atoms with E-state index in [9.17, 15) is 8.42 Å². The van der Waals surface area contributed by atoms with E-state index >= 15 is 0 Å². The van der Waals surface area contributed by atoms with Crippen LogP contribution in [-0.4, -0.2) is 30.2 Å². The van der Waals surface area contributed by atoms with Crippen LogP contribution in [0, 0.1) is 13.8 Å². The van der Waals surface area contributed by atoms with Gasteiger partial charge in [-0.3, -0.25) is 4.31 Å². The lowest BCUT2D eigenvalue weighted by molar-refractivity contribution is 0.594. The Morgan fingerprint density at radius 2 is 1.86 bits per heavy atom. The van der Waals surface area contributed by atoms with E-state index in [0.717, 1.165) is 24.0 Å². The fourth-order valence-electron chi connectivity index (χ4n) is 3.01. The number of rotatable bonds is 6. The zero-order chi connectivity index (χ0) is 19.9. The van der Waals surface area contributed by atoms with E-state index < -0.39 is 10.0 Å². The second-order valence-electron chi connectivity index (χ2n) is 7.13. The third-order valence-corrected chi connectivity index (χ3v) is 6.86. The maximum atomic E-state index is 13.2. The summed E-state index contributed by atoms with van der Waals surface area (Å²) in [5, 5.41) is 7.63. The summed E-state index contributed by atoms with van der Waals surface area (Å²) in [7, 11) is -2.14. The van der Waals surface area contributed by atoms with E-state index in [1.807, 2.05) is 36.7 Å². The average molecular weight is 398 g/mol. The van der Waals surface area contributed by atoms with Gasteiger partial charge in [-0.2, -0.15) is 0 Å². The lowest BCUT2D eigenvalue weighted by atomic mass is 10.1. The highest BCUT2D eigenvalue weighted by Gasteiger charge is 2.26. The highest BCUT2D eigenvalue weighted by Crippen LogP contribution is 2.34. The number of hydrogen-bond donors (Lipinski definition) is 1. The molecule has 1 saturated carbocycles. The molecule has 1 aliphatic rings. The molecule has 7 nitrogen and oxygen atoms in total. The fraction of sp³-hybridized carbons (Fsp3) is 0.300. The number of benzene rings is 2. The molecule has 0 aliphatic heterocycles. The van der Waals surface area contributed by atoms with E-state index in [2.05, 4.69) is 15.4 Å². The van der Waals surface area contributed by atoms with Gasteiger partial charge in [-0.1, -0.05) is 18.2 Å². The third kappa shape index (κ3) is 3.47. The maximum Gasteiger partial charge on any atom is 0.264 e. The quantitative estimate of drug-likeness (QED) is 0.684. The fourth-order valence-corrected chi connectivity index (χ4v) is 4.32. The van der Waals surface area contributed by atoms with E-state index in [-0.39, 0.29) is 4.90 Å². The molecule has 2 aromatic carbocycles. The smallest absolute Gasteiger partial charge is 0.264 e. The lowest BCUT2D eigenvalue weighted by Gasteiger charge is -2.21. The van der Waals surface area contributed by atoms with Gasteiger partial charge in [-0.15, -0.1) is 5.10 Å². The Labute approximate surface area is 165 Å². The molecule has 3 aromatic rings. The van der Waals surface area contributed by atoms with Gasteiger partial charge in [-0.25, -0.2) is 18.1 Å². The maximum absolute atomic E-state index is 13.2. The molecule has 28 heavy (non-hydrogen) atoms. The molecule has 0 amide bonds. The summed E-state index contributed by atoms with van der Waals surface area (Å²) in [5.74, 6) is 0.473. The van der Waals surface area contributed by atoms with Crippen molar-refractivity contribution in [2.45, 2.75) is 37.6 Å². The molecule has 0 atom stereocenters. The summed E-state index contributed by atoms with van der Waals surface area (Å²) in [5.41, 5.74) is 3.14. The molecule has 146 valence electrons. The minimum atomic E-state index is -3.70. The van der Waals surface area contributed by atoms with Gasteiger partial charge < -0.3 is 5.32 Å². The molecule has 8 heteroatoms. The van der Waals surface area contributed by atoms with Crippen molar-refractivity contribution < 1.29 is 8.42 Å². The Morgan fingerprint density at radius 1 is 1.14 bits per heavy atom. The normalized spacial score (nSPS) is 14.1. The van der Waals surface area contributed by atoms with Crippen molar-refractivity contribution in [1.82, 2.24) is 14.8 Å². The number of nitrogens with one attached hydrogen (secondary N) is 1. The molecule has 0 bridgehead atoms. The van der Waals surface area contributed by atoms with Crippen LogP contribution in [0.2, 0.25) is 0 Å². The highest BCUT2D eigenvalue weighted by molar-refractivity contribution is 7.92. The first-order chi connectivity index (χ1) is 13.4. The van der Waals surface area contributed by atoms with Crippen molar-refractivity contribution in [1.29, 1.82) is 0 Å². The first-order valence-electron chi connectivity index (χ1n) is 9.19. The molecule has 4 rings (SSSR count). The first kappa shape index (κ1) is 18.5. The van der Waals surface area contributed by atoms with Crippen LogP contribution < -0.4 is 9.62 Å². The van der Waals surface area contributed by atoms with E-state index in [0.29, 0.717) is 23.4 Å². The number of nitrogens with zero attached hydrogens (tertiary/aromatic N) is 4. The first-order valence-corrected chi connectivity index (χ1v) is 10.6. The van der Waals surface area contributed by atoms with Crippen LogP contribution in [0.25, 0.3) is 0 Å². The predicted molar refractivity (Wildman–Crippen MR) is 110 cm³/mol. The molecule has 1 aromatic heterocycles. The minimum Gasteiger partial charge on any atom is -0.323 e. The summed E-state index contributed by atoms with van der Waals surface area (Å²) in [6.07, 6.45) is 3.97. The zero-order valence-electron chi connectivity index (χ0n) is 16.1. The average Bonchev–Trinajstić information content (AvgIpc) is 3.44. The topological polar surface area (TPSA) is 80.1 Å². The molecule has 1 fully saturated rings. The summed E-state index contributed by atoms with van der Waals surface area (Å²) in [4.78, 5) is 4.53. The number of aryl methyl sites for hydroxylation is 1. The van der Waals surface area contributed by atoms with Crippen LogP contribution >= 0.6 is 0 Å². The zero-order valence-corrected chi connectivity index (χ0v) is 16.9. The van der Waals surface area contributed by atoms with Crippen LogP contribution in [0.15, 0.2) is 53.7 Å². The van der Waals surface area contributed by atoms with Crippen molar-refractivity contribution in [2.75, 3.05) is 16.7 Å². The molecular formula is C20H23N5O2S. The standard InChI is InChI=1S/C20H23N5O2S/c1-14-11-18(28(26,27)24(3)16-7-5-4-6-8-16)12-19(15(14)2)22-20-21-13-25(23-20)17-9-10-17/h4-8,11-13,17H,9-10H2,1-3H3,(H,22,23). The molecular weight excluding hydrogens is 374 g/mol. The second-order valence-corrected chi connectivity index (χ2v) is 9.09. The van der Waals surface area contributed by atoms with Crippen molar-refractivity contribution in [3.05, 3.63) is 59.9 Å². The van der Waals surface area contributed by atoms with Gasteiger partial charge in [0.15, 0.2) is 0 Å². The van der Waals surface area contributed by atoms with Crippen molar-refractivity contribution in [3.8, 4) is 0 Å². The van der Waals surface area contributed by atoms with E-state index in [1.54, 1.807) is 37.6 Å². The molecule has 0 spiro atoms. The van der Waals surface area contributed by atoms with Gasteiger partial charge >= 0.3 is 0 Å². The van der Waals surface area contributed by atoms with Gasteiger partial charge in [0.1, 0.15) is 6.33 Å². The Bertz CT molecular complexity index is 1100. The number of anilines is 3. The van der Waals surface area contributed by atoms with Crippen molar-refractivity contribution in [2.24, 2.45) is 0 Å². The number of para-hydroxylation sites is 1. The van der Waals surface area contributed by atoms with Gasteiger partial charge in [-0.05, 0) is 62.1 Å². The van der Waals surface area contributed by atoms with Gasteiger partial charge in [0.2, 0.25) is 5.95 Å². The van der Waals surface area contributed by atoms with Crippen LogP contribution in [0.4, 0.5) is 17.3 Å². The SMILES string of the molecule is Cc1cc(S(=O)(=O)N(C)c2ccccc2)cc(Nc2ncn(C3CC3)n2)c1C. The van der Waals surface area contributed by atoms with Crippen molar-refractivity contribution >= 4 is 27.3 Å². The molecule has 1 heterocycles. The van der Waals surface area contributed by atoms with Crippen LogP contribution in [0.1, 0.15) is 30.0 Å². The summed E-state index contributed by atoms with van der Waals surface area (Å²) >= 11 is 0.